The summed E-state index contributed by atoms with van der Waals surface area (Å²) in [6.07, 6.45) is 5.27. The van der Waals surface area contributed by atoms with Crippen molar-refractivity contribution in [3.63, 3.8) is 0 Å². The molecule has 0 radical (unpaired) electrons. The number of halogens is 1. The Bertz CT molecular complexity index is 682. The molecule has 1 aliphatic rings. The van der Waals surface area contributed by atoms with Crippen molar-refractivity contribution in [2.45, 2.75) is 12.8 Å². The second kappa shape index (κ2) is 12.8. The molecule has 0 amide bonds. The molecule has 9 heteroatoms. The number of aromatic nitrogens is 2. The Hall–Kier alpha value is -1.59. The van der Waals surface area contributed by atoms with Gasteiger partial charge in [0.15, 0.2) is 5.96 Å². The Balaban J connectivity index is 0.00000280. The number of aryl methyl sites for hydroxylation is 1. The second-order valence-electron chi connectivity index (χ2n) is 6.56. The molecule has 0 aliphatic carbocycles. The highest BCUT2D eigenvalue weighted by Gasteiger charge is 2.09. The maximum Gasteiger partial charge on any atom is 0.191 e. The minimum atomic E-state index is 0. The summed E-state index contributed by atoms with van der Waals surface area (Å²) in [5.41, 5.74) is 1.20. The number of aliphatic imine (C=N–C) groups is 1. The number of nitrogens with one attached hydrogen (secondary N) is 2. The van der Waals surface area contributed by atoms with Crippen molar-refractivity contribution in [1.29, 1.82) is 0 Å². The molecular formula is C19H31IN6O2. The fourth-order valence-electron chi connectivity index (χ4n) is 3.02. The summed E-state index contributed by atoms with van der Waals surface area (Å²) in [6.45, 7) is 6.93. The van der Waals surface area contributed by atoms with Crippen LogP contribution in [0.2, 0.25) is 0 Å². The van der Waals surface area contributed by atoms with Crippen LogP contribution >= 0.6 is 24.0 Å². The first-order valence-electron chi connectivity index (χ1n) is 9.63. The van der Waals surface area contributed by atoms with E-state index in [-0.39, 0.29) is 24.0 Å². The lowest BCUT2D eigenvalue weighted by Crippen LogP contribution is -2.41. The van der Waals surface area contributed by atoms with Gasteiger partial charge >= 0.3 is 0 Å². The molecule has 28 heavy (non-hydrogen) atoms. The summed E-state index contributed by atoms with van der Waals surface area (Å²) in [5.74, 6) is 1.82. The summed E-state index contributed by atoms with van der Waals surface area (Å²) in [5, 5.41) is 11.0. The molecule has 0 saturated carbocycles. The molecule has 0 aromatic carbocycles. The summed E-state index contributed by atoms with van der Waals surface area (Å²) in [7, 11) is 1.97. The van der Waals surface area contributed by atoms with Gasteiger partial charge in [0.2, 0.25) is 0 Å². The maximum atomic E-state index is 5.40. The number of rotatable bonds is 9. The van der Waals surface area contributed by atoms with E-state index in [0.29, 0.717) is 0 Å². The molecule has 2 aromatic heterocycles. The van der Waals surface area contributed by atoms with Crippen LogP contribution in [0.4, 0.5) is 0 Å². The average molecular weight is 502 g/mol. The van der Waals surface area contributed by atoms with Crippen molar-refractivity contribution in [3.8, 4) is 0 Å². The number of hydrogen-bond donors (Lipinski definition) is 2. The summed E-state index contributed by atoms with van der Waals surface area (Å²) < 4.78 is 12.7. The maximum absolute atomic E-state index is 5.40. The standard InChI is InChI=1S/C19H30N6O2.HI/c1-24-17(5-9-23-24)4-7-20-19(21-8-6-18-3-2-14-27-18)22-10-11-25-12-15-26-16-13-25;/h2-3,5,9,14H,4,6-8,10-13,15-16H2,1H3,(H2,20,21,22);1H. The molecule has 2 N–H and O–H groups in total. The van der Waals surface area contributed by atoms with E-state index < -0.39 is 0 Å². The normalized spacial score (nSPS) is 15.2. The first-order chi connectivity index (χ1) is 13.3. The highest BCUT2D eigenvalue weighted by molar-refractivity contribution is 14.0. The molecule has 0 atom stereocenters. The van der Waals surface area contributed by atoms with Crippen LogP contribution in [-0.2, 0) is 24.6 Å². The number of guanidine groups is 1. The van der Waals surface area contributed by atoms with Crippen molar-refractivity contribution in [2.75, 3.05) is 52.5 Å². The Kier molecular flexibility index (Phi) is 10.4. The molecule has 1 aliphatic heterocycles. The fraction of sp³-hybridized carbons (Fsp3) is 0.579. The van der Waals surface area contributed by atoms with Crippen LogP contribution in [0, 0.1) is 0 Å². The lowest BCUT2D eigenvalue weighted by molar-refractivity contribution is 0.0394. The molecular weight excluding hydrogens is 471 g/mol. The molecule has 0 unspecified atom stereocenters. The van der Waals surface area contributed by atoms with Crippen LogP contribution in [0.1, 0.15) is 11.5 Å². The van der Waals surface area contributed by atoms with Gasteiger partial charge in [0.25, 0.3) is 0 Å². The zero-order valence-electron chi connectivity index (χ0n) is 16.5. The number of ether oxygens (including phenoxy) is 1. The van der Waals surface area contributed by atoms with E-state index >= 15 is 0 Å². The third kappa shape index (κ3) is 7.80. The zero-order valence-corrected chi connectivity index (χ0v) is 18.8. The molecule has 1 fully saturated rings. The zero-order chi connectivity index (χ0) is 18.7. The van der Waals surface area contributed by atoms with Gasteiger partial charge < -0.3 is 19.8 Å². The predicted molar refractivity (Wildman–Crippen MR) is 120 cm³/mol. The Labute approximate surface area is 183 Å². The van der Waals surface area contributed by atoms with Gasteiger partial charge in [-0.2, -0.15) is 5.10 Å². The van der Waals surface area contributed by atoms with Crippen LogP contribution < -0.4 is 10.6 Å². The summed E-state index contributed by atoms with van der Waals surface area (Å²) >= 11 is 0. The van der Waals surface area contributed by atoms with Gasteiger partial charge in [-0.25, -0.2) is 0 Å². The second-order valence-corrected chi connectivity index (χ2v) is 6.56. The van der Waals surface area contributed by atoms with Crippen molar-refractivity contribution in [2.24, 2.45) is 12.0 Å². The van der Waals surface area contributed by atoms with Gasteiger partial charge in [0, 0.05) is 64.5 Å². The molecule has 3 rings (SSSR count). The Morgan fingerprint density at radius 3 is 2.64 bits per heavy atom. The SMILES string of the molecule is Cn1nccc1CCNC(=NCCN1CCOCC1)NCCc1ccco1.I. The highest BCUT2D eigenvalue weighted by atomic mass is 127. The average Bonchev–Trinajstić information content (AvgIpc) is 3.34. The van der Waals surface area contributed by atoms with E-state index in [4.69, 9.17) is 14.1 Å². The van der Waals surface area contributed by atoms with Crippen molar-refractivity contribution in [3.05, 3.63) is 42.1 Å². The van der Waals surface area contributed by atoms with Gasteiger partial charge in [-0.05, 0) is 18.2 Å². The minimum Gasteiger partial charge on any atom is -0.469 e. The van der Waals surface area contributed by atoms with E-state index in [2.05, 4.69) is 20.6 Å². The lowest BCUT2D eigenvalue weighted by Gasteiger charge is -2.25. The lowest BCUT2D eigenvalue weighted by atomic mass is 10.3. The first-order valence-corrected chi connectivity index (χ1v) is 9.63. The number of furan rings is 1. The van der Waals surface area contributed by atoms with Crippen LogP contribution in [-0.4, -0.2) is 73.1 Å². The largest absolute Gasteiger partial charge is 0.469 e. The van der Waals surface area contributed by atoms with E-state index in [9.17, 15) is 0 Å². The molecule has 0 bridgehead atoms. The van der Waals surface area contributed by atoms with Gasteiger partial charge in [-0.3, -0.25) is 14.6 Å². The molecule has 3 heterocycles. The first kappa shape index (κ1) is 22.7. The molecule has 1 saturated heterocycles. The third-order valence-corrected chi connectivity index (χ3v) is 4.63. The molecule has 156 valence electrons. The van der Waals surface area contributed by atoms with E-state index in [1.807, 2.05) is 36.1 Å². The van der Waals surface area contributed by atoms with Crippen molar-refractivity contribution < 1.29 is 9.15 Å². The number of morpholine rings is 1. The van der Waals surface area contributed by atoms with Crippen LogP contribution in [0.25, 0.3) is 0 Å². The Morgan fingerprint density at radius 2 is 1.96 bits per heavy atom. The minimum absolute atomic E-state index is 0. The van der Waals surface area contributed by atoms with Crippen LogP contribution in [0.5, 0.6) is 0 Å². The van der Waals surface area contributed by atoms with Gasteiger partial charge in [-0.15, -0.1) is 24.0 Å². The Morgan fingerprint density at radius 1 is 1.18 bits per heavy atom. The van der Waals surface area contributed by atoms with Gasteiger partial charge in [0.05, 0.1) is 26.0 Å². The predicted octanol–water partition coefficient (Wildman–Crippen LogP) is 1.28. The van der Waals surface area contributed by atoms with Crippen molar-refractivity contribution >= 4 is 29.9 Å². The summed E-state index contributed by atoms with van der Waals surface area (Å²) in [4.78, 5) is 7.13. The van der Waals surface area contributed by atoms with E-state index in [0.717, 1.165) is 77.0 Å². The van der Waals surface area contributed by atoms with Crippen LogP contribution in [0.3, 0.4) is 0 Å². The van der Waals surface area contributed by atoms with Crippen LogP contribution in [0.15, 0.2) is 40.1 Å². The highest BCUT2D eigenvalue weighted by Crippen LogP contribution is 2.00. The summed E-state index contributed by atoms with van der Waals surface area (Å²) in [6, 6.07) is 5.95. The van der Waals surface area contributed by atoms with Gasteiger partial charge in [-0.1, -0.05) is 0 Å². The van der Waals surface area contributed by atoms with E-state index in [1.54, 1.807) is 6.26 Å². The third-order valence-electron chi connectivity index (χ3n) is 4.63. The molecule has 2 aromatic rings. The van der Waals surface area contributed by atoms with E-state index in [1.165, 1.54) is 5.69 Å². The number of nitrogens with zero attached hydrogens (tertiary/aromatic N) is 4. The molecule has 8 nitrogen and oxygen atoms in total. The topological polar surface area (TPSA) is 79.9 Å². The fourth-order valence-corrected chi connectivity index (χ4v) is 3.02. The molecule has 0 spiro atoms. The monoisotopic (exact) mass is 502 g/mol. The smallest absolute Gasteiger partial charge is 0.191 e. The quantitative estimate of drug-likeness (QED) is 0.306. The van der Waals surface area contributed by atoms with Gasteiger partial charge in [0.1, 0.15) is 5.76 Å². The number of hydrogen-bond acceptors (Lipinski definition) is 5. The van der Waals surface area contributed by atoms with Crippen molar-refractivity contribution in [1.82, 2.24) is 25.3 Å².